The van der Waals surface area contributed by atoms with E-state index < -0.39 is 0 Å². The maximum absolute atomic E-state index is 9.06. The molecule has 1 aromatic rings. The Balaban J connectivity index is 1.46. The molecule has 2 aliphatic carbocycles. The van der Waals surface area contributed by atoms with Gasteiger partial charge in [-0.25, -0.2) is 0 Å². The Labute approximate surface area is 203 Å². The minimum atomic E-state index is -0.115. The zero-order chi connectivity index (χ0) is 23.2. The van der Waals surface area contributed by atoms with Gasteiger partial charge in [0.15, 0.2) is 0 Å². The highest BCUT2D eigenvalue weighted by atomic mass is 16.5. The normalized spacial score (nSPS) is 21.0. The Morgan fingerprint density at radius 2 is 1.52 bits per heavy atom. The van der Waals surface area contributed by atoms with Crippen LogP contribution in [0.25, 0.3) is 5.57 Å². The van der Waals surface area contributed by atoms with Crippen LogP contribution in [0.1, 0.15) is 121 Å². The monoisotopic (exact) mass is 447 g/mol. The van der Waals surface area contributed by atoms with Gasteiger partial charge in [-0.15, -0.1) is 0 Å². The molecule has 0 bridgehead atoms. The van der Waals surface area contributed by atoms with Gasteiger partial charge in [-0.2, -0.15) is 5.26 Å². The number of hydrogen-bond acceptors (Lipinski definition) is 2. The molecule has 2 aliphatic rings. The fourth-order valence-corrected chi connectivity index (χ4v) is 5.56. The molecule has 0 radical (unpaired) electrons. The highest BCUT2D eigenvalue weighted by molar-refractivity contribution is 5.75. The molecule has 0 saturated heterocycles. The van der Waals surface area contributed by atoms with Crippen molar-refractivity contribution in [1.82, 2.24) is 0 Å². The van der Waals surface area contributed by atoms with Gasteiger partial charge in [-0.1, -0.05) is 114 Å². The second-order valence-electron chi connectivity index (χ2n) is 10.2. The lowest BCUT2D eigenvalue weighted by molar-refractivity contribution is -0.0609. The number of hydrogen-bond donors (Lipinski definition) is 0. The Hall–Kier alpha value is -1.85. The summed E-state index contributed by atoms with van der Waals surface area (Å²) in [4.78, 5) is 0. The Kier molecular flexibility index (Phi) is 11.3. The molecule has 2 nitrogen and oxygen atoms in total. The van der Waals surface area contributed by atoms with E-state index in [0.717, 1.165) is 18.6 Å². The first kappa shape index (κ1) is 25.8. The Bertz CT molecular complexity index is 778. The highest BCUT2D eigenvalue weighted by Crippen LogP contribution is 2.42. The molecule has 0 spiro atoms. The van der Waals surface area contributed by atoms with Crippen LogP contribution in [-0.2, 0) is 4.74 Å². The van der Waals surface area contributed by atoms with Gasteiger partial charge in [-0.3, -0.25) is 0 Å². The first-order chi connectivity index (χ1) is 16.3. The van der Waals surface area contributed by atoms with Gasteiger partial charge < -0.3 is 4.74 Å². The van der Waals surface area contributed by atoms with Crippen LogP contribution in [0.3, 0.4) is 0 Å². The zero-order valence-electron chi connectivity index (χ0n) is 21.0. The molecule has 1 aromatic carbocycles. The van der Waals surface area contributed by atoms with Gasteiger partial charge in [0.25, 0.3) is 0 Å². The van der Waals surface area contributed by atoms with Crippen molar-refractivity contribution in [2.75, 3.05) is 6.61 Å². The summed E-state index contributed by atoms with van der Waals surface area (Å²) in [6.45, 7) is 3.17. The van der Waals surface area contributed by atoms with E-state index >= 15 is 0 Å². The summed E-state index contributed by atoms with van der Waals surface area (Å²) in [6.07, 6.45) is 28.3. The van der Waals surface area contributed by atoms with Crippen LogP contribution in [0.2, 0.25) is 0 Å². The smallest absolute Gasteiger partial charge is 0.0991 e. The van der Waals surface area contributed by atoms with E-state index in [9.17, 15) is 0 Å². The molecule has 33 heavy (non-hydrogen) atoms. The molecule has 2 heteroatoms. The van der Waals surface area contributed by atoms with Crippen molar-refractivity contribution in [2.24, 2.45) is 5.92 Å². The van der Waals surface area contributed by atoms with Crippen molar-refractivity contribution < 1.29 is 4.74 Å². The first-order valence-corrected chi connectivity index (χ1v) is 13.8. The molecule has 3 rings (SSSR count). The SMILES string of the molecule is CCCCCCCCCCCCOC1(C2CCCCC2)C=CC(c2ccc(C#N)cc2)=CC1. The second kappa shape index (κ2) is 14.4. The summed E-state index contributed by atoms with van der Waals surface area (Å²) in [7, 11) is 0. The van der Waals surface area contributed by atoms with Crippen molar-refractivity contribution in [3.63, 3.8) is 0 Å². The van der Waals surface area contributed by atoms with Crippen LogP contribution in [-0.4, -0.2) is 12.2 Å². The number of nitriles is 1. The molecule has 0 N–H and O–H groups in total. The maximum Gasteiger partial charge on any atom is 0.0991 e. The fraction of sp³-hybridized carbons (Fsp3) is 0.645. The lowest BCUT2D eigenvalue weighted by Gasteiger charge is -2.41. The molecule has 0 aromatic heterocycles. The number of unbranched alkanes of at least 4 members (excludes halogenated alkanes) is 9. The van der Waals surface area contributed by atoms with E-state index in [0.29, 0.717) is 5.92 Å². The number of rotatable bonds is 14. The topological polar surface area (TPSA) is 33.0 Å². The van der Waals surface area contributed by atoms with Gasteiger partial charge >= 0.3 is 0 Å². The molecule has 180 valence electrons. The highest BCUT2D eigenvalue weighted by Gasteiger charge is 2.38. The Morgan fingerprint density at radius 1 is 0.879 bits per heavy atom. The predicted molar refractivity (Wildman–Crippen MR) is 140 cm³/mol. The maximum atomic E-state index is 9.06. The van der Waals surface area contributed by atoms with Crippen molar-refractivity contribution in [1.29, 1.82) is 5.26 Å². The third-order valence-corrected chi connectivity index (χ3v) is 7.70. The molecule has 0 amide bonds. The first-order valence-electron chi connectivity index (χ1n) is 13.8. The van der Waals surface area contributed by atoms with Crippen molar-refractivity contribution in [2.45, 2.75) is 115 Å². The molecule has 0 aliphatic heterocycles. The molecular formula is C31H45NO. The molecular weight excluding hydrogens is 402 g/mol. The standard InChI is InChI=1S/C31H45NO/c1-2-3-4-5-6-7-8-9-10-14-25-33-31(30-15-12-11-13-16-30)23-21-29(22-24-31)28-19-17-27(26-32)18-20-28/h17-23,30H,2-16,24-25H2,1H3. The number of allylic oxidation sites excluding steroid dienone is 2. The third-order valence-electron chi connectivity index (χ3n) is 7.70. The summed E-state index contributed by atoms with van der Waals surface area (Å²) in [6, 6.07) is 10.2. The van der Waals surface area contributed by atoms with Crippen LogP contribution in [0.15, 0.2) is 42.5 Å². The lowest BCUT2D eigenvalue weighted by atomic mass is 9.72. The van der Waals surface area contributed by atoms with E-state index in [1.807, 2.05) is 12.1 Å². The van der Waals surface area contributed by atoms with Crippen molar-refractivity contribution >= 4 is 5.57 Å². The minimum Gasteiger partial charge on any atom is -0.370 e. The second-order valence-corrected chi connectivity index (χ2v) is 10.2. The van der Waals surface area contributed by atoms with E-state index in [1.54, 1.807) is 0 Å². The molecule has 1 atom stereocenters. The van der Waals surface area contributed by atoms with Crippen LogP contribution >= 0.6 is 0 Å². The molecule has 1 fully saturated rings. The fourth-order valence-electron chi connectivity index (χ4n) is 5.56. The average Bonchev–Trinajstić information content (AvgIpc) is 2.88. The van der Waals surface area contributed by atoms with E-state index in [-0.39, 0.29) is 5.60 Å². The summed E-state index contributed by atoms with van der Waals surface area (Å²) in [5, 5.41) is 9.06. The molecule has 1 saturated carbocycles. The summed E-state index contributed by atoms with van der Waals surface area (Å²) < 4.78 is 6.73. The van der Waals surface area contributed by atoms with Gasteiger partial charge in [0.1, 0.15) is 0 Å². The van der Waals surface area contributed by atoms with Crippen molar-refractivity contribution in [3.8, 4) is 6.07 Å². The summed E-state index contributed by atoms with van der Waals surface area (Å²) >= 11 is 0. The number of benzene rings is 1. The van der Waals surface area contributed by atoms with Gasteiger partial charge in [0.05, 0.1) is 17.2 Å². The van der Waals surface area contributed by atoms with Crippen LogP contribution in [0, 0.1) is 17.2 Å². The van der Waals surface area contributed by atoms with Crippen LogP contribution in [0.5, 0.6) is 0 Å². The number of ether oxygens (including phenoxy) is 1. The van der Waals surface area contributed by atoms with Gasteiger partial charge in [0.2, 0.25) is 0 Å². The van der Waals surface area contributed by atoms with Crippen LogP contribution in [0.4, 0.5) is 0 Å². The number of nitrogens with zero attached hydrogens (tertiary/aromatic N) is 1. The van der Waals surface area contributed by atoms with Crippen LogP contribution < -0.4 is 0 Å². The van der Waals surface area contributed by atoms with E-state index in [1.165, 1.54) is 107 Å². The van der Waals surface area contributed by atoms with E-state index in [4.69, 9.17) is 10.00 Å². The zero-order valence-corrected chi connectivity index (χ0v) is 21.0. The summed E-state index contributed by atoms with van der Waals surface area (Å²) in [5.74, 6) is 0.643. The largest absolute Gasteiger partial charge is 0.370 e. The van der Waals surface area contributed by atoms with E-state index in [2.05, 4.69) is 43.4 Å². The Morgan fingerprint density at radius 3 is 2.09 bits per heavy atom. The molecule has 1 unspecified atom stereocenters. The third kappa shape index (κ3) is 8.15. The quantitative estimate of drug-likeness (QED) is 0.266. The summed E-state index contributed by atoms with van der Waals surface area (Å²) in [5.41, 5.74) is 3.05. The lowest BCUT2D eigenvalue weighted by Crippen LogP contribution is -2.41. The predicted octanol–water partition coefficient (Wildman–Crippen LogP) is 9.16. The average molecular weight is 448 g/mol. The van der Waals surface area contributed by atoms with Gasteiger partial charge in [-0.05, 0) is 54.9 Å². The minimum absolute atomic E-state index is 0.115. The van der Waals surface area contributed by atoms with Crippen molar-refractivity contribution in [3.05, 3.63) is 53.6 Å². The van der Waals surface area contributed by atoms with Gasteiger partial charge in [0, 0.05) is 6.61 Å². The molecule has 0 heterocycles.